The van der Waals surface area contributed by atoms with Crippen LogP contribution in [0.4, 0.5) is 37.7 Å². The minimum absolute atomic E-state index is 0.00107. The molecule has 0 radical (unpaired) electrons. The van der Waals surface area contributed by atoms with Crippen LogP contribution in [0.1, 0.15) is 27.4 Å². The van der Waals surface area contributed by atoms with Crippen molar-refractivity contribution >= 4 is 58.0 Å². The highest BCUT2D eigenvalue weighted by molar-refractivity contribution is 6.53. The molecule has 0 spiro atoms. The van der Waals surface area contributed by atoms with Gasteiger partial charge >= 0.3 is 6.18 Å². The highest BCUT2D eigenvalue weighted by atomic mass is 35.5. The van der Waals surface area contributed by atoms with Gasteiger partial charge in [-0.25, -0.2) is 4.39 Å². The first-order valence-corrected chi connectivity index (χ1v) is 11.3. The minimum atomic E-state index is -4.97. The summed E-state index contributed by atoms with van der Waals surface area (Å²) >= 11 is 18.4. The Morgan fingerprint density at radius 3 is 2.30 bits per heavy atom. The van der Waals surface area contributed by atoms with E-state index in [4.69, 9.17) is 34.8 Å². The van der Waals surface area contributed by atoms with Crippen LogP contribution in [0.5, 0.6) is 0 Å². The summed E-state index contributed by atoms with van der Waals surface area (Å²) in [6.45, 7) is 0. The van der Waals surface area contributed by atoms with Crippen LogP contribution >= 0.6 is 34.8 Å². The Bertz CT molecular complexity index is 1420. The fourth-order valence-electron chi connectivity index (χ4n) is 3.71. The van der Waals surface area contributed by atoms with Crippen molar-refractivity contribution < 1.29 is 35.9 Å². The van der Waals surface area contributed by atoms with E-state index in [2.05, 4.69) is 15.6 Å². The number of aromatic nitrogens is 1. The van der Waals surface area contributed by atoms with Gasteiger partial charge < -0.3 is 10.6 Å². The molecule has 194 valence electrons. The zero-order valence-corrected chi connectivity index (χ0v) is 20.2. The predicted octanol–water partition coefficient (Wildman–Crippen LogP) is 6.95. The molecular weight excluding hydrogens is 571 g/mol. The summed E-state index contributed by atoms with van der Waals surface area (Å²) in [6, 6.07) is 7.73. The molecule has 0 unspecified atom stereocenters. The predicted molar refractivity (Wildman–Crippen MR) is 124 cm³/mol. The van der Waals surface area contributed by atoms with E-state index in [1.54, 1.807) is 0 Å². The van der Waals surface area contributed by atoms with Crippen molar-refractivity contribution in [3.63, 3.8) is 0 Å². The van der Waals surface area contributed by atoms with Gasteiger partial charge in [0.1, 0.15) is 10.2 Å². The molecule has 2 N–H and O–H groups in total. The lowest BCUT2D eigenvalue weighted by atomic mass is 10.0. The Balaban J connectivity index is 1.52. The highest BCUT2D eigenvalue weighted by Gasteiger charge is 2.67. The molecule has 4 rings (SSSR count). The zero-order valence-electron chi connectivity index (χ0n) is 17.9. The van der Waals surface area contributed by atoms with Gasteiger partial charge in [0.05, 0.1) is 27.8 Å². The number of carbonyl (C=O) groups excluding carboxylic acids is 2. The molecule has 2 atom stereocenters. The molecule has 1 aliphatic carbocycles. The van der Waals surface area contributed by atoms with E-state index in [1.807, 2.05) is 0 Å². The number of alkyl halides is 5. The number of nitrogens with one attached hydrogen (secondary N) is 2. The third kappa shape index (κ3) is 5.48. The van der Waals surface area contributed by atoms with Crippen LogP contribution < -0.4 is 10.6 Å². The van der Waals surface area contributed by atoms with E-state index in [9.17, 15) is 35.9 Å². The number of hydrogen-bond donors (Lipinski definition) is 2. The van der Waals surface area contributed by atoms with Crippen LogP contribution in [-0.4, -0.2) is 21.1 Å². The summed E-state index contributed by atoms with van der Waals surface area (Å²) in [7, 11) is 0. The number of nitrogens with zero attached hydrogens (tertiary/aromatic N) is 1. The standard InChI is InChI=1S/C23H12Cl3F6N3O2/c24-13-4-2-10(8-15(13)34-20(36)11-3-6-16(28)35-19(11)29)33-21(37)18-17(22(18,25)26)9-1-5-14(27)12(7-9)23(30,31)32/h1-8,17-18H,(H,33,37)(H,34,36)/t17-,18+/m0/s1. The van der Waals surface area contributed by atoms with Crippen molar-refractivity contribution in [3.05, 3.63) is 88.0 Å². The largest absolute Gasteiger partial charge is 0.419 e. The first-order chi connectivity index (χ1) is 17.2. The molecule has 37 heavy (non-hydrogen) atoms. The van der Waals surface area contributed by atoms with E-state index >= 15 is 0 Å². The van der Waals surface area contributed by atoms with Gasteiger partial charge in [0.25, 0.3) is 5.91 Å². The van der Waals surface area contributed by atoms with Gasteiger partial charge in [-0.05, 0) is 48.0 Å². The normalized spacial score (nSPS) is 18.3. The molecule has 2 amide bonds. The van der Waals surface area contributed by atoms with Crippen LogP contribution in [0.15, 0.2) is 48.5 Å². The van der Waals surface area contributed by atoms with Crippen molar-refractivity contribution in [2.45, 2.75) is 16.4 Å². The summed E-state index contributed by atoms with van der Waals surface area (Å²) in [6.07, 6.45) is -4.97. The third-order valence-corrected chi connectivity index (χ3v) is 6.80. The van der Waals surface area contributed by atoms with Crippen LogP contribution in [0, 0.1) is 23.6 Å². The number of anilines is 2. The van der Waals surface area contributed by atoms with Crippen molar-refractivity contribution in [1.29, 1.82) is 0 Å². The van der Waals surface area contributed by atoms with Crippen LogP contribution in [0.2, 0.25) is 5.02 Å². The number of amides is 2. The number of pyridine rings is 1. The monoisotopic (exact) mass is 581 g/mol. The van der Waals surface area contributed by atoms with Gasteiger partial charge in [-0.2, -0.15) is 26.9 Å². The van der Waals surface area contributed by atoms with Crippen molar-refractivity contribution in [3.8, 4) is 0 Å². The molecule has 0 bridgehead atoms. The molecule has 0 saturated heterocycles. The molecule has 14 heteroatoms. The van der Waals surface area contributed by atoms with Gasteiger partial charge in [-0.15, -0.1) is 23.2 Å². The van der Waals surface area contributed by atoms with Crippen LogP contribution in [0.3, 0.4) is 0 Å². The van der Waals surface area contributed by atoms with Gasteiger partial charge in [0, 0.05) is 11.6 Å². The number of halogens is 9. The lowest BCUT2D eigenvalue weighted by Gasteiger charge is -2.11. The molecule has 3 aromatic rings. The summed E-state index contributed by atoms with van der Waals surface area (Å²) in [5, 5.41) is 4.77. The van der Waals surface area contributed by atoms with Crippen molar-refractivity contribution in [2.75, 3.05) is 10.6 Å². The highest BCUT2D eigenvalue weighted by Crippen LogP contribution is 2.65. The van der Waals surface area contributed by atoms with E-state index in [0.717, 1.165) is 18.2 Å². The quantitative estimate of drug-likeness (QED) is 0.194. The Morgan fingerprint density at radius 1 is 0.946 bits per heavy atom. The summed E-state index contributed by atoms with van der Waals surface area (Å²) in [5.74, 6) is -8.02. The van der Waals surface area contributed by atoms with Crippen LogP contribution in [0.25, 0.3) is 0 Å². The summed E-state index contributed by atoms with van der Waals surface area (Å²) < 4.78 is 77.9. The van der Waals surface area contributed by atoms with Crippen molar-refractivity contribution in [1.82, 2.24) is 4.98 Å². The summed E-state index contributed by atoms with van der Waals surface area (Å²) in [4.78, 5) is 28.1. The Labute approximate surface area is 219 Å². The van der Waals surface area contributed by atoms with Gasteiger partial charge in [-0.3, -0.25) is 9.59 Å². The molecule has 1 heterocycles. The van der Waals surface area contributed by atoms with E-state index < -0.39 is 63.0 Å². The van der Waals surface area contributed by atoms with Gasteiger partial charge in [0.15, 0.2) is 0 Å². The van der Waals surface area contributed by atoms with Crippen molar-refractivity contribution in [2.24, 2.45) is 5.92 Å². The molecule has 1 fully saturated rings. The number of hydrogen-bond acceptors (Lipinski definition) is 3. The van der Waals surface area contributed by atoms with Gasteiger partial charge in [0.2, 0.25) is 17.8 Å². The second kappa shape index (κ2) is 9.70. The fourth-order valence-corrected chi connectivity index (χ4v) is 4.70. The third-order valence-electron chi connectivity index (χ3n) is 5.53. The fraction of sp³-hybridized carbons (Fsp3) is 0.174. The molecule has 1 aromatic heterocycles. The molecule has 0 aliphatic heterocycles. The average molecular weight is 583 g/mol. The first-order valence-electron chi connectivity index (χ1n) is 10.2. The average Bonchev–Trinajstić information content (AvgIpc) is 3.37. The molecule has 1 saturated carbocycles. The topological polar surface area (TPSA) is 71.1 Å². The Morgan fingerprint density at radius 2 is 1.65 bits per heavy atom. The lowest BCUT2D eigenvalue weighted by molar-refractivity contribution is -0.140. The maximum Gasteiger partial charge on any atom is 0.419 e. The molecule has 5 nitrogen and oxygen atoms in total. The SMILES string of the molecule is O=C(Nc1cc(NC(=O)[C@H]2[C@H](c3ccc(F)c(C(F)(F)F)c3)C2(Cl)Cl)ccc1Cl)c1ccc(F)nc1F. The minimum Gasteiger partial charge on any atom is -0.326 e. The lowest BCUT2D eigenvalue weighted by Crippen LogP contribution is -2.18. The number of benzene rings is 2. The second-order valence-corrected chi connectivity index (χ2v) is 9.83. The molecule has 2 aromatic carbocycles. The van der Waals surface area contributed by atoms with E-state index in [-0.39, 0.29) is 22.0 Å². The zero-order chi connectivity index (χ0) is 27.3. The Hall–Kier alpha value is -3.02. The van der Waals surface area contributed by atoms with Crippen LogP contribution in [-0.2, 0) is 11.0 Å². The molecular formula is C23H12Cl3F6N3O2. The second-order valence-electron chi connectivity index (χ2n) is 7.98. The smallest absolute Gasteiger partial charge is 0.326 e. The maximum atomic E-state index is 13.8. The van der Waals surface area contributed by atoms with Gasteiger partial charge in [-0.1, -0.05) is 17.7 Å². The summed E-state index contributed by atoms with van der Waals surface area (Å²) in [5.41, 5.74) is -2.16. The number of rotatable bonds is 5. The number of carbonyl (C=O) groups is 2. The molecule has 1 aliphatic rings. The first kappa shape index (κ1) is 27.0. The van der Waals surface area contributed by atoms with E-state index in [1.165, 1.54) is 18.2 Å². The Kier molecular flexibility index (Phi) is 7.08. The maximum absolute atomic E-state index is 13.8. The van der Waals surface area contributed by atoms with E-state index in [0.29, 0.717) is 12.1 Å².